The Morgan fingerprint density at radius 1 is 1.24 bits per heavy atom. The fourth-order valence-corrected chi connectivity index (χ4v) is 4.29. The van der Waals surface area contributed by atoms with E-state index in [1.54, 1.807) is 17.0 Å². The number of hydrogen-bond donors (Lipinski definition) is 0. The van der Waals surface area contributed by atoms with E-state index < -0.39 is 12.3 Å². The summed E-state index contributed by atoms with van der Waals surface area (Å²) < 4.78 is 49.0. The quantitative estimate of drug-likeness (QED) is 0.778. The third kappa shape index (κ3) is 2.83. The van der Waals surface area contributed by atoms with Gasteiger partial charge < -0.3 is 14.4 Å². The van der Waals surface area contributed by atoms with Crippen LogP contribution in [-0.2, 0) is 14.3 Å². The van der Waals surface area contributed by atoms with Crippen molar-refractivity contribution in [2.75, 3.05) is 18.6 Å². The molecule has 25 heavy (non-hydrogen) atoms. The number of nitrogens with zero attached hydrogens (tertiary/aromatic N) is 1. The van der Waals surface area contributed by atoms with Gasteiger partial charge in [-0.1, -0.05) is 12.1 Å². The lowest BCUT2D eigenvalue weighted by Gasteiger charge is -2.29. The fraction of sp³-hybridized carbons (Fsp3) is 0.611. The Kier molecular flexibility index (Phi) is 3.85. The molecule has 0 aromatic heterocycles. The maximum Gasteiger partial charge on any atom is 0.418 e. The number of ether oxygens (including phenoxy) is 2. The first-order valence-electron chi connectivity index (χ1n) is 8.51. The third-order valence-corrected chi connectivity index (χ3v) is 5.74. The molecule has 1 amide bonds. The normalized spacial score (nSPS) is 32.8. The second-order valence-corrected chi connectivity index (χ2v) is 7.19. The lowest BCUT2D eigenvalue weighted by atomic mass is 9.73. The molecule has 4 nitrogen and oxygen atoms in total. The molecule has 0 bridgehead atoms. The lowest BCUT2D eigenvalue weighted by molar-refractivity contribution is -0.215. The van der Waals surface area contributed by atoms with Crippen LogP contribution in [0.3, 0.4) is 0 Å². The summed E-state index contributed by atoms with van der Waals surface area (Å²) in [5.74, 6) is 0.0771. The Morgan fingerprint density at radius 3 is 2.56 bits per heavy atom. The highest BCUT2D eigenvalue weighted by atomic mass is 19.4. The average Bonchev–Trinajstić information content (AvgIpc) is 3.27. The van der Waals surface area contributed by atoms with Gasteiger partial charge in [0, 0.05) is 19.3 Å². The van der Waals surface area contributed by atoms with Crippen LogP contribution in [0.25, 0.3) is 0 Å². The van der Waals surface area contributed by atoms with Crippen molar-refractivity contribution < 1.29 is 27.4 Å². The van der Waals surface area contributed by atoms with Crippen molar-refractivity contribution in [3.8, 4) is 0 Å². The molecule has 3 fully saturated rings. The largest absolute Gasteiger partial charge is 0.418 e. The summed E-state index contributed by atoms with van der Waals surface area (Å²) in [5, 5.41) is 0. The smallest absolute Gasteiger partial charge is 0.370 e. The Labute approximate surface area is 143 Å². The molecule has 0 unspecified atom stereocenters. The van der Waals surface area contributed by atoms with Crippen LogP contribution in [0.1, 0.15) is 37.4 Å². The van der Waals surface area contributed by atoms with Gasteiger partial charge in [0.05, 0.1) is 17.6 Å². The second kappa shape index (κ2) is 5.71. The highest BCUT2D eigenvalue weighted by Crippen LogP contribution is 2.52. The van der Waals surface area contributed by atoms with Gasteiger partial charge in [-0.2, -0.15) is 13.2 Å². The third-order valence-electron chi connectivity index (χ3n) is 5.74. The molecule has 136 valence electrons. The maximum absolute atomic E-state index is 12.9. The van der Waals surface area contributed by atoms with Crippen molar-refractivity contribution in [3.05, 3.63) is 29.8 Å². The number of benzene rings is 1. The number of anilines is 1. The summed E-state index contributed by atoms with van der Waals surface area (Å²) in [6.07, 6.45) is -2.56. The van der Waals surface area contributed by atoms with Gasteiger partial charge in [-0.05, 0) is 43.4 Å². The van der Waals surface area contributed by atoms with Crippen molar-refractivity contribution in [2.24, 2.45) is 5.41 Å². The van der Waals surface area contributed by atoms with Gasteiger partial charge >= 0.3 is 6.18 Å². The first-order valence-corrected chi connectivity index (χ1v) is 8.51. The molecule has 0 radical (unpaired) electrons. The predicted octanol–water partition coefficient (Wildman–Crippen LogP) is 3.61. The summed E-state index contributed by atoms with van der Waals surface area (Å²) >= 11 is 0. The fourth-order valence-electron chi connectivity index (χ4n) is 4.29. The molecule has 1 aromatic carbocycles. The minimum atomic E-state index is -4.47. The van der Waals surface area contributed by atoms with Crippen molar-refractivity contribution in [1.29, 1.82) is 0 Å². The minimum absolute atomic E-state index is 0.0343. The molecule has 1 aromatic rings. The summed E-state index contributed by atoms with van der Waals surface area (Å²) in [5.41, 5.74) is 0.325. The molecule has 1 aliphatic carbocycles. The Hall–Kier alpha value is -1.60. The number of amides is 1. The molecule has 0 N–H and O–H groups in total. The number of methoxy groups -OCH3 is 1. The van der Waals surface area contributed by atoms with Crippen LogP contribution in [0.4, 0.5) is 18.9 Å². The van der Waals surface area contributed by atoms with E-state index in [0.717, 1.165) is 32.8 Å². The maximum atomic E-state index is 12.9. The number of rotatable bonds is 3. The number of hydrogen-bond acceptors (Lipinski definition) is 3. The van der Waals surface area contributed by atoms with E-state index >= 15 is 0 Å². The SMILES string of the molecule is CO[C@H](c1ccc(N2CC[C@]3(CC[C@@H]4O[C@@H]4C3)C2=O)cc1)C(F)(F)F. The van der Waals surface area contributed by atoms with Crippen molar-refractivity contribution in [1.82, 2.24) is 0 Å². The molecule has 4 atom stereocenters. The molecule has 2 aliphatic heterocycles. The van der Waals surface area contributed by atoms with Crippen LogP contribution in [0.2, 0.25) is 0 Å². The van der Waals surface area contributed by atoms with E-state index in [1.165, 1.54) is 12.1 Å². The molecule has 1 spiro atoms. The highest BCUT2D eigenvalue weighted by molar-refractivity contribution is 6.00. The topological polar surface area (TPSA) is 42.1 Å². The Morgan fingerprint density at radius 2 is 1.96 bits per heavy atom. The predicted molar refractivity (Wildman–Crippen MR) is 84.2 cm³/mol. The van der Waals surface area contributed by atoms with Crippen molar-refractivity contribution in [2.45, 2.75) is 50.2 Å². The van der Waals surface area contributed by atoms with Gasteiger partial charge in [-0.15, -0.1) is 0 Å². The molecule has 1 saturated carbocycles. The zero-order valence-electron chi connectivity index (χ0n) is 13.9. The van der Waals surface area contributed by atoms with Gasteiger partial charge in [0.15, 0.2) is 6.10 Å². The van der Waals surface area contributed by atoms with Crippen LogP contribution in [0.15, 0.2) is 24.3 Å². The molecule has 2 saturated heterocycles. The molecule has 7 heteroatoms. The van der Waals surface area contributed by atoms with Gasteiger partial charge in [-0.3, -0.25) is 4.79 Å². The van der Waals surface area contributed by atoms with E-state index in [-0.39, 0.29) is 23.0 Å². The molecular weight excluding hydrogens is 335 g/mol. The number of carbonyl (C=O) groups excluding carboxylic acids is 1. The monoisotopic (exact) mass is 355 g/mol. The minimum Gasteiger partial charge on any atom is -0.370 e. The van der Waals surface area contributed by atoms with Gasteiger partial charge in [0.25, 0.3) is 0 Å². The van der Waals surface area contributed by atoms with Crippen LogP contribution in [0.5, 0.6) is 0 Å². The van der Waals surface area contributed by atoms with Crippen molar-refractivity contribution in [3.63, 3.8) is 0 Å². The number of carbonyl (C=O) groups is 1. The van der Waals surface area contributed by atoms with Crippen LogP contribution < -0.4 is 4.90 Å². The molecule has 2 heterocycles. The summed E-state index contributed by atoms with van der Waals surface area (Å²) in [6.45, 7) is 0.600. The standard InChI is InChI=1S/C18H20F3NO3/c1-24-15(18(19,20)21)11-2-4-12(5-3-11)22-9-8-17(16(22)23)7-6-13-14(10-17)25-13/h2-5,13-15H,6-10H2,1H3/t13-,14+,15+,17-/m0/s1. The van der Waals surface area contributed by atoms with Gasteiger partial charge in [0.2, 0.25) is 5.91 Å². The lowest BCUT2D eigenvalue weighted by Crippen LogP contribution is -2.38. The number of halogens is 3. The first-order chi connectivity index (χ1) is 11.8. The van der Waals surface area contributed by atoms with Crippen molar-refractivity contribution >= 4 is 11.6 Å². The van der Waals surface area contributed by atoms with E-state index in [9.17, 15) is 18.0 Å². The molecule has 3 aliphatic rings. The summed E-state index contributed by atoms with van der Waals surface area (Å²) in [4.78, 5) is 14.6. The van der Waals surface area contributed by atoms with Gasteiger partial charge in [-0.25, -0.2) is 0 Å². The van der Waals surface area contributed by atoms with E-state index in [4.69, 9.17) is 4.74 Å². The van der Waals surface area contributed by atoms with Crippen LogP contribution in [-0.4, -0.2) is 37.9 Å². The van der Waals surface area contributed by atoms with E-state index in [1.807, 2.05) is 0 Å². The number of alkyl halides is 3. The molecule has 4 rings (SSSR count). The Balaban J connectivity index is 1.52. The Bertz CT molecular complexity index is 675. The number of fused-ring (bicyclic) bond motifs is 1. The number of epoxide rings is 1. The second-order valence-electron chi connectivity index (χ2n) is 7.19. The van der Waals surface area contributed by atoms with Crippen LogP contribution in [0, 0.1) is 5.41 Å². The summed E-state index contributed by atoms with van der Waals surface area (Å²) in [6, 6.07) is 5.92. The van der Waals surface area contributed by atoms with Crippen LogP contribution >= 0.6 is 0 Å². The first kappa shape index (κ1) is 16.8. The summed E-state index contributed by atoms with van der Waals surface area (Å²) in [7, 11) is 1.04. The van der Waals surface area contributed by atoms with E-state index in [2.05, 4.69) is 4.74 Å². The average molecular weight is 355 g/mol. The highest BCUT2D eigenvalue weighted by Gasteiger charge is 2.57. The zero-order chi connectivity index (χ0) is 17.8. The molecular formula is C18H20F3NO3. The van der Waals surface area contributed by atoms with E-state index in [0.29, 0.717) is 18.3 Å². The zero-order valence-corrected chi connectivity index (χ0v) is 13.9. The van der Waals surface area contributed by atoms with Gasteiger partial charge in [0.1, 0.15) is 0 Å².